The summed E-state index contributed by atoms with van der Waals surface area (Å²) in [4.78, 5) is 45.9. The molecule has 4 rings (SSSR count). The molecule has 178 valence electrons. The number of aldehydes is 1. The van der Waals surface area contributed by atoms with Gasteiger partial charge in [0.25, 0.3) is 11.8 Å². The molecule has 1 aliphatic heterocycles. The molecule has 2 amide bonds. The second-order valence-electron chi connectivity index (χ2n) is 8.41. The minimum absolute atomic E-state index is 0.158. The van der Waals surface area contributed by atoms with Crippen LogP contribution in [0.15, 0.2) is 36.4 Å². The zero-order valence-corrected chi connectivity index (χ0v) is 19.9. The zero-order chi connectivity index (χ0) is 24.4. The molecule has 34 heavy (non-hydrogen) atoms. The number of hydrogen-bond donors (Lipinski definition) is 3. The zero-order valence-electron chi connectivity index (χ0n) is 18.4. The summed E-state index contributed by atoms with van der Waals surface area (Å²) in [7, 11) is 0. The van der Waals surface area contributed by atoms with E-state index in [0.717, 1.165) is 11.9 Å². The van der Waals surface area contributed by atoms with Crippen LogP contribution in [0.4, 0.5) is 0 Å². The van der Waals surface area contributed by atoms with Crippen LogP contribution in [0, 0.1) is 0 Å². The van der Waals surface area contributed by atoms with Gasteiger partial charge < -0.3 is 25.1 Å². The lowest BCUT2D eigenvalue weighted by atomic mass is 10.1. The van der Waals surface area contributed by atoms with Crippen molar-refractivity contribution in [2.45, 2.75) is 44.4 Å². The topological polar surface area (TPSA) is 115 Å². The van der Waals surface area contributed by atoms with Crippen molar-refractivity contribution in [3.05, 3.63) is 63.4 Å². The molecule has 0 aliphatic carbocycles. The molecule has 1 aliphatic rings. The highest BCUT2D eigenvalue weighted by Crippen LogP contribution is 2.27. The number of likely N-dealkylation sites (tertiary alicyclic amines) is 1. The van der Waals surface area contributed by atoms with Crippen LogP contribution in [-0.2, 0) is 4.79 Å². The van der Waals surface area contributed by atoms with Crippen LogP contribution in [0.1, 0.15) is 58.8 Å². The van der Waals surface area contributed by atoms with Crippen molar-refractivity contribution in [3.8, 4) is 0 Å². The Balaban J connectivity index is 1.46. The molecule has 1 aromatic heterocycles. The number of aliphatic hydroxyl groups is 1. The molecule has 0 bridgehead atoms. The number of amides is 2. The number of benzene rings is 2. The van der Waals surface area contributed by atoms with E-state index in [0.29, 0.717) is 41.2 Å². The van der Waals surface area contributed by atoms with Crippen LogP contribution in [0.3, 0.4) is 0 Å². The number of fused-ring (bicyclic) bond motifs is 1. The molecule has 3 N–H and O–H groups in total. The number of nitrogens with zero attached hydrogens (tertiary/aromatic N) is 2. The number of aromatic amines is 1. The number of halogens is 2. The maximum atomic E-state index is 13.1. The van der Waals surface area contributed by atoms with Crippen molar-refractivity contribution in [2.24, 2.45) is 0 Å². The summed E-state index contributed by atoms with van der Waals surface area (Å²) in [5, 5.41) is 13.3. The van der Waals surface area contributed by atoms with Gasteiger partial charge in [0.1, 0.15) is 18.2 Å². The molecule has 0 saturated carbocycles. The molecule has 1 fully saturated rings. The number of H-pyrrole nitrogens is 1. The van der Waals surface area contributed by atoms with E-state index in [-0.39, 0.29) is 34.9 Å². The third kappa shape index (κ3) is 5.09. The van der Waals surface area contributed by atoms with Gasteiger partial charge in [-0.15, -0.1) is 0 Å². The highest BCUT2D eigenvalue weighted by molar-refractivity contribution is 6.34. The summed E-state index contributed by atoms with van der Waals surface area (Å²) in [5.74, 6) is -0.0620. The highest BCUT2D eigenvalue weighted by atomic mass is 35.5. The van der Waals surface area contributed by atoms with Crippen molar-refractivity contribution in [1.29, 1.82) is 0 Å². The summed E-state index contributed by atoms with van der Waals surface area (Å²) in [5.41, 5.74) is 2.09. The molecular formula is C24H24Cl2N4O4. The van der Waals surface area contributed by atoms with Crippen LogP contribution >= 0.6 is 23.2 Å². The van der Waals surface area contributed by atoms with Crippen molar-refractivity contribution in [3.63, 3.8) is 0 Å². The fourth-order valence-electron chi connectivity index (χ4n) is 4.22. The summed E-state index contributed by atoms with van der Waals surface area (Å²) in [6, 6.07) is 9.22. The van der Waals surface area contributed by atoms with Crippen molar-refractivity contribution < 1.29 is 19.5 Å². The largest absolute Gasteiger partial charge is 0.386 e. The number of imidazole rings is 1. The number of hydrogen-bond acceptors (Lipinski definition) is 5. The summed E-state index contributed by atoms with van der Waals surface area (Å²) >= 11 is 12.4. The quantitative estimate of drug-likeness (QED) is 0.423. The molecule has 1 saturated heterocycles. The summed E-state index contributed by atoms with van der Waals surface area (Å²) in [6.07, 6.45) is 1.06. The maximum absolute atomic E-state index is 13.1. The van der Waals surface area contributed by atoms with E-state index in [1.807, 2.05) is 6.07 Å². The Morgan fingerprint density at radius 3 is 2.82 bits per heavy atom. The third-order valence-electron chi connectivity index (χ3n) is 5.99. The first-order chi connectivity index (χ1) is 16.3. The molecule has 0 radical (unpaired) electrons. The lowest BCUT2D eigenvalue weighted by molar-refractivity contribution is -0.115. The van der Waals surface area contributed by atoms with Gasteiger partial charge in [-0.1, -0.05) is 23.2 Å². The molecule has 3 aromatic rings. The molecular weight excluding hydrogens is 479 g/mol. The number of rotatable bonds is 7. The van der Waals surface area contributed by atoms with Crippen LogP contribution in [0.5, 0.6) is 0 Å². The van der Waals surface area contributed by atoms with Gasteiger partial charge in [0.2, 0.25) is 0 Å². The van der Waals surface area contributed by atoms with E-state index < -0.39 is 12.1 Å². The summed E-state index contributed by atoms with van der Waals surface area (Å²) in [6.45, 7) is 2.33. The van der Waals surface area contributed by atoms with Gasteiger partial charge in [-0.05, 0) is 56.2 Å². The Labute approximate surface area is 206 Å². The summed E-state index contributed by atoms with van der Waals surface area (Å²) < 4.78 is 0. The van der Waals surface area contributed by atoms with Gasteiger partial charge >= 0.3 is 0 Å². The standard InChI is InChI=1S/C24H24Cl2N4O4/c1-13(22-28-20-7-5-15(25)10-21(20)29-22)27-23(33)14-4-6-18(19(26)9-14)24(34)30-8-2-3-16(30)11-17(32)12-31/h4-7,9-10,12-13,16-17,32H,2-3,8,11H2,1H3,(H,27,33)(H,28,29)/t13-,16-,17?/m0/s1. The fraction of sp³-hybridized carbons (Fsp3) is 0.333. The molecule has 1 unspecified atom stereocenters. The second kappa shape index (κ2) is 10.1. The average Bonchev–Trinajstić information content (AvgIpc) is 3.45. The highest BCUT2D eigenvalue weighted by Gasteiger charge is 2.32. The van der Waals surface area contributed by atoms with Crippen molar-refractivity contribution >= 4 is 52.3 Å². The van der Waals surface area contributed by atoms with Gasteiger partial charge in [0.05, 0.1) is 27.7 Å². The molecule has 2 heterocycles. The van der Waals surface area contributed by atoms with E-state index in [4.69, 9.17) is 23.2 Å². The number of aliphatic hydroxyl groups excluding tert-OH is 1. The van der Waals surface area contributed by atoms with Crippen LogP contribution in [0.2, 0.25) is 10.0 Å². The van der Waals surface area contributed by atoms with E-state index >= 15 is 0 Å². The molecule has 0 spiro atoms. The fourth-order valence-corrected chi connectivity index (χ4v) is 4.65. The monoisotopic (exact) mass is 502 g/mol. The van der Waals surface area contributed by atoms with Gasteiger partial charge in [0.15, 0.2) is 0 Å². The van der Waals surface area contributed by atoms with Crippen LogP contribution < -0.4 is 5.32 Å². The van der Waals surface area contributed by atoms with Crippen molar-refractivity contribution in [1.82, 2.24) is 20.2 Å². The van der Waals surface area contributed by atoms with Crippen LogP contribution in [0.25, 0.3) is 11.0 Å². The average molecular weight is 503 g/mol. The van der Waals surface area contributed by atoms with Gasteiger partial charge in [0, 0.05) is 29.6 Å². The predicted molar refractivity (Wildman–Crippen MR) is 129 cm³/mol. The Kier molecular flexibility index (Phi) is 7.21. The number of carbonyl (C=O) groups excluding carboxylic acids is 3. The van der Waals surface area contributed by atoms with E-state index in [1.165, 1.54) is 12.1 Å². The minimum Gasteiger partial charge on any atom is -0.386 e. The smallest absolute Gasteiger partial charge is 0.255 e. The number of carbonyl (C=O) groups is 3. The van der Waals surface area contributed by atoms with Crippen molar-refractivity contribution in [2.75, 3.05) is 6.54 Å². The maximum Gasteiger partial charge on any atom is 0.255 e. The van der Waals surface area contributed by atoms with Gasteiger partial charge in [-0.3, -0.25) is 9.59 Å². The first-order valence-corrected chi connectivity index (χ1v) is 11.7. The molecule has 2 aromatic carbocycles. The lowest BCUT2D eigenvalue weighted by Crippen LogP contribution is -2.38. The SMILES string of the molecule is C[C@H](NC(=O)c1ccc(C(=O)N2CCC[C@H]2CC(O)C=O)c(Cl)c1)c1nc2cc(Cl)ccc2[nH]1. The molecule has 10 heteroatoms. The van der Waals surface area contributed by atoms with Crippen LogP contribution in [-0.4, -0.2) is 56.8 Å². The van der Waals surface area contributed by atoms with Gasteiger partial charge in [-0.25, -0.2) is 4.98 Å². The predicted octanol–water partition coefficient (Wildman–Crippen LogP) is 3.92. The van der Waals surface area contributed by atoms with Gasteiger partial charge in [-0.2, -0.15) is 0 Å². The Morgan fingerprint density at radius 2 is 2.09 bits per heavy atom. The molecule has 8 nitrogen and oxygen atoms in total. The van der Waals surface area contributed by atoms with E-state index in [2.05, 4.69) is 15.3 Å². The van der Waals surface area contributed by atoms with E-state index in [1.54, 1.807) is 30.0 Å². The number of aromatic nitrogens is 2. The molecule has 3 atom stereocenters. The lowest BCUT2D eigenvalue weighted by Gasteiger charge is -2.26. The van der Waals surface area contributed by atoms with E-state index in [9.17, 15) is 19.5 Å². The normalized spacial score (nSPS) is 17.5. The number of nitrogens with one attached hydrogen (secondary N) is 2. The second-order valence-corrected chi connectivity index (χ2v) is 9.25. The first kappa shape index (κ1) is 24.2. The Morgan fingerprint density at radius 1 is 1.29 bits per heavy atom. The Bertz CT molecular complexity index is 1240. The minimum atomic E-state index is -1.11. The first-order valence-electron chi connectivity index (χ1n) is 11.0. The third-order valence-corrected chi connectivity index (χ3v) is 6.54. The Hall–Kier alpha value is -2.94.